The maximum atomic E-state index is 6.11. The van der Waals surface area contributed by atoms with Gasteiger partial charge in [-0.1, -0.05) is 6.92 Å². The number of furan rings is 1. The Labute approximate surface area is 108 Å². The molecule has 0 amide bonds. The summed E-state index contributed by atoms with van der Waals surface area (Å²) in [5, 5.41) is 0. The Balaban J connectivity index is 2.37. The average Bonchev–Trinajstić information content (AvgIpc) is 2.94. The lowest BCUT2D eigenvalue weighted by molar-refractivity contribution is 0.490. The van der Waals surface area contributed by atoms with E-state index in [-0.39, 0.29) is 12.1 Å². The molecular formula is C14H21N3O. The largest absolute Gasteiger partial charge is 0.466 e. The van der Waals surface area contributed by atoms with E-state index in [1.807, 2.05) is 26.4 Å². The van der Waals surface area contributed by atoms with Crippen LogP contribution in [0, 0.1) is 13.8 Å². The van der Waals surface area contributed by atoms with Gasteiger partial charge in [0, 0.05) is 17.8 Å². The lowest BCUT2D eigenvalue weighted by Crippen LogP contribution is -2.17. The smallest absolute Gasteiger partial charge is 0.106 e. The van der Waals surface area contributed by atoms with Crippen molar-refractivity contribution in [2.45, 2.75) is 46.2 Å². The summed E-state index contributed by atoms with van der Waals surface area (Å²) in [6.07, 6.45) is 4.60. The molecule has 4 heteroatoms. The van der Waals surface area contributed by atoms with Crippen molar-refractivity contribution >= 4 is 0 Å². The third-order valence-electron chi connectivity index (χ3n) is 3.46. The highest BCUT2D eigenvalue weighted by molar-refractivity contribution is 5.25. The van der Waals surface area contributed by atoms with Crippen LogP contribution in [0.3, 0.4) is 0 Å². The van der Waals surface area contributed by atoms with Gasteiger partial charge in [-0.25, -0.2) is 4.98 Å². The molecule has 2 aromatic heterocycles. The summed E-state index contributed by atoms with van der Waals surface area (Å²) >= 11 is 0. The summed E-state index contributed by atoms with van der Waals surface area (Å²) in [5.41, 5.74) is 8.38. The van der Waals surface area contributed by atoms with E-state index in [4.69, 9.17) is 10.2 Å². The number of nitrogens with two attached hydrogens (primary N) is 1. The van der Waals surface area contributed by atoms with Gasteiger partial charge >= 0.3 is 0 Å². The van der Waals surface area contributed by atoms with Gasteiger partial charge in [-0.3, -0.25) is 0 Å². The van der Waals surface area contributed by atoms with Crippen molar-refractivity contribution < 1.29 is 4.42 Å². The first-order valence-electron chi connectivity index (χ1n) is 6.38. The highest BCUT2D eigenvalue weighted by Crippen LogP contribution is 2.27. The highest BCUT2D eigenvalue weighted by atomic mass is 16.3. The van der Waals surface area contributed by atoms with Crippen LogP contribution in [-0.4, -0.2) is 9.55 Å². The molecule has 0 saturated heterocycles. The fourth-order valence-corrected chi connectivity index (χ4v) is 2.35. The molecule has 0 bridgehead atoms. The van der Waals surface area contributed by atoms with E-state index in [1.165, 1.54) is 5.56 Å². The Hall–Kier alpha value is -1.55. The number of imidazole rings is 1. The Kier molecular flexibility index (Phi) is 3.57. The van der Waals surface area contributed by atoms with Crippen LogP contribution in [-0.2, 0) is 0 Å². The van der Waals surface area contributed by atoms with Gasteiger partial charge < -0.3 is 14.7 Å². The van der Waals surface area contributed by atoms with E-state index in [9.17, 15) is 0 Å². The van der Waals surface area contributed by atoms with Crippen molar-refractivity contribution in [3.05, 3.63) is 41.4 Å². The Bertz CT molecular complexity index is 527. The van der Waals surface area contributed by atoms with E-state index in [1.54, 1.807) is 0 Å². The van der Waals surface area contributed by atoms with Crippen molar-refractivity contribution in [3.63, 3.8) is 0 Å². The molecule has 0 aromatic carbocycles. The molecule has 18 heavy (non-hydrogen) atoms. The fourth-order valence-electron chi connectivity index (χ4n) is 2.35. The molecule has 0 aliphatic heterocycles. The van der Waals surface area contributed by atoms with Crippen molar-refractivity contribution in [1.82, 2.24) is 9.55 Å². The molecular weight excluding hydrogens is 226 g/mol. The van der Waals surface area contributed by atoms with Gasteiger partial charge in [-0.2, -0.15) is 0 Å². The predicted molar refractivity (Wildman–Crippen MR) is 71.4 cm³/mol. The maximum Gasteiger partial charge on any atom is 0.106 e. The standard InChI is InChI=1S/C14H21N3O/c1-5-13(15)14-7-16-8-17(14)10(3)12-6-9(2)18-11(12)4/h6-8,10,13H,5,15H2,1-4H3/t10?,13-/m1/s1. The Morgan fingerprint density at radius 1 is 1.44 bits per heavy atom. The lowest BCUT2D eigenvalue weighted by atomic mass is 10.1. The van der Waals surface area contributed by atoms with Gasteiger partial charge in [0.2, 0.25) is 0 Å². The normalized spacial score (nSPS) is 14.7. The third kappa shape index (κ3) is 2.20. The van der Waals surface area contributed by atoms with Crippen LogP contribution in [0.2, 0.25) is 0 Å². The van der Waals surface area contributed by atoms with Gasteiger partial charge in [0.25, 0.3) is 0 Å². The molecule has 98 valence electrons. The molecule has 2 atom stereocenters. The third-order valence-corrected chi connectivity index (χ3v) is 3.46. The minimum Gasteiger partial charge on any atom is -0.466 e. The van der Waals surface area contributed by atoms with Crippen LogP contribution in [0.15, 0.2) is 23.0 Å². The molecule has 1 unspecified atom stereocenters. The van der Waals surface area contributed by atoms with Crippen LogP contribution in [0.5, 0.6) is 0 Å². The van der Waals surface area contributed by atoms with E-state index < -0.39 is 0 Å². The maximum absolute atomic E-state index is 6.11. The summed E-state index contributed by atoms with van der Waals surface area (Å²) in [6, 6.07) is 2.31. The topological polar surface area (TPSA) is 57.0 Å². The Morgan fingerprint density at radius 3 is 2.72 bits per heavy atom. The quantitative estimate of drug-likeness (QED) is 0.903. The lowest BCUT2D eigenvalue weighted by Gasteiger charge is -2.19. The first-order chi connectivity index (χ1) is 8.54. The zero-order valence-corrected chi connectivity index (χ0v) is 11.5. The van der Waals surface area contributed by atoms with Crippen molar-refractivity contribution in [1.29, 1.82) is 0 Å². The Morgan fingerprint density at radius 2 is 2.17 bits per heavy atom. The monoisotopic (exact) mass is 247 g/mol. The second-order valence-electron chi connectivity index (χ2n) is 4.79. The summed E-state index contributed by atoms with van der Waals surface area (Å²) in [5.74, 6) is 1.90. The van der Waals surface area contributed by atoms with E-state index >= 15 is 0 Å². The minimum atomic E-state index is 0.0308. The van der Waals surface area contributed by atoms with Gasteiger partial charge in [0.1, 0.15) is 11.5 Å². The van der Waals surface area contributed by atoms with E-state index in [2.05, 4.69) is 29.5 Å². The van der Waals surface area contributed by atoms with Crippen LogP contribution in [0.1, 0.15) is 55.1 Å². The second kappa shape index (κ2) is 4.98. The van der Waals surface area contributed by atoms with Crippen LogP contribution < -0.4 is 5.73 Å². The molecule has 0 saturated carbocycles. The van der Waals surface area contributed by atoms with Crippen molar-refractivity contribution in [3.8, 4) is 0 Å². The van der Waals surface area contributed by atoms with Crippen molar-refractivity contribution in [2.24, 2.45) is 5.73 Å². The molecule has 0 radical (unpaired) electrons. The fraction of sp³-hybridized carbons (Fsp3) is 0.500. The molecule has 2 aromatic rings. The van der Waals surface area contributed by atoms with Crippen LogP contribution in [0.25, 0.3) is 0 Å². The molecule has 2 heterocycles. The number of hydrogen-bond donors (Lipinski definition) is 1. The zero-order valence-electron chi connectivity index (χ0n) is 11.5. The molecule has 0 fully saturated rings. The molecule has 2 rings (SSSR count). The van der Waals surface area contributed by atoms with Gasteiger partial charge in [0.05, 0.1) is 18.1 Å². The molecule has 0 aliphatic rings. The first-order valence-corrected chi connectivity index (χ1v) is 6.38. The molecule has 2 N–H and O–H groups in total. The summed E-state index contributed by atoms with van der Waals surface area (Å²) in [4.78, 5) is 4.23. The number of nitrogens with zero attached hydrogens (tertiary/aromatic N) is 2. The van der Waals surface area contributed by atoms with Gasteiger partial charge in [-0.05, 0) is 33.3 Å². The molecule has 0 spiro atoms. The van der Waals surface area contributed by atoms with E-state index in [0.717, 1.165) is 23.6 Å². The summed E-state index contributed by atoms with van der Waals surface area (Å²) in [6.45, 7) is 8.19. The van der Waals surface area contributed by atoms with E-state index in [0.29, 0.717) is 0 Å². The minimum absolute atomic E-state index is 0.0308. The van der Waals surface area contributed by atoms with Crippen LogP contribution in [0.4, 0.5) is 0 Å². The number of rotatable bonds is 4. The first kappa shape index (κ1) is 12.9. The highest BCUT2D eigenvalue weighted by Gasteiger charge is 2.18. The van der Waals surface area contributed by atoms with Crippen molar-refractivity contribution in [2.75, 3.05) is 0 Å². The summed E-state index contributed by atoms with van der Waals surface area (Å²) in [7, 11) is 0. The summed E-state index contributed by atoms with van der Waals surface area (Å²) < 4.78 is 7.73. The number of aromatic nitrogens is 2. The molecule has 4 nitrogen and oxygen atoms in total. The number of aryl methyl sites for hydroxylation is 2. The van der Waals surface area contributed by atoms with Gasteiger partial charge in [0.15, 0.2) is 0 Å². The number of hydrogen-bond acceptors (Lipinski definition) is 3. The zero-order chi connectivity index (χ0) is 13.3. The predicted octanol–water partition coefficient (Wildman–Crippen LogP) is 3.11. The second-order valence-corrected chi connectivity index (χ2v) is 4.79. The van der Waals surface area contributed by atoms with Gasteiger partial charge in [-0.15, -0.1) is 0 Å². The average molecular weight is 247 g/mol. The molecule has 0 aliphatic carbocycles. The SMILES string of the molecule is CC[C@@H](N)c1cncn1C(C)c1cc(C)oc1C. The van der Waals surface area contributed by atoms with Crippen LogP contribution >= 0.6 is 0 Å².